The van der Waals surface area contributed by atoms with Crippen LogP contribution in [-0.2, 0) is 6.54 Å². The molecule has 2 rings (SSSR count). The van der Waals surface area contributed by atoms with Gasteiger partial charge in [0, 0.05) is 6.54 Å². The molecule has 1 aromatic rings. The molecule has 0 atom stereocenters. The van der Waals surface area contributed by atoms with Gasteiger partial charge in [-0.25, -0.2) is 4.68 Å². The van der Waals surface area contributed by atoms with Crippen molar-refractivity contribution in [1.82, 2.24) is 20.3 Å². The number of rotatable bonds is 4. The quantitative estimate of drug-likeness (QED) is 0.848. The molecule has 0 aromatic carbocycles. The highest BCUT2D eigenvalue weighted by Crippen LogP contribution is 2.32. The van der Waals surface area contributed by atoms with Gasteiger partial charge in [0.2, 0.25) is 0 Å². The van der Waals surface area contributed by atoms with E-state index in [0.29, 0.717) is 6.04 Å². The van der Waals surface area contributed by atoms with Crippen LogP contribution in [0.5, 0.6) is 0 Å². The molecule has 0 radical (unpaired) electrons. The van der Waals surface area contributed by atoms with Gasteiger partial charge < -0.3 is 5.32 Å². The van der Waals surface area contributed by atoms with E-state index in [4.69, 9.17) is 0 Å². The standard InChI is InChI=1S/C12H22N4/c1-3-10-4-6-12(7-5-10)16-9-11(8-13-2)14-15-16/h9-10,12-13H,3-8H2,1-2H3. The molecule has 1 N–H and O–H groups in total. The fourth-order valence-corrected chi connectivity index (χ4v) is 2.57. The van der Waals surface area contributed by atoms with Crippen LogP contribution in [0.15, 0.2) is 6.20 Å². The molecule has 90 valence electrons. The molecule has 0 unspecified atom stereocenters. The van der Waals surface area contributed by atoms with Gasteiger partial charge in [-0.05, 0) is 38.6 Å². The summed E-state index contributed by atoms with van der Waals surface area (Å²) < 4.78 is 2.07. The van der Waals surface area contributed by atoms with Crippen molar-refractivity contribution in [2.24, 2.45) is 5.92 Å². The molecule has 0 spiro atoms. The van der Waals surface area contributed by atoms with Crippen molar-refractivity contribution < 1.29 is 0 Å². The first-order chi connectivity index (χ1) is 7.83. The minimum absolute atomic E-state index is 0.584. The lowest BCUT2D eigenvalue weighted by Gasteiger charge is -2.27. The molecule has 1 heterocycles. The molecule has 0 aliphatic heterocycles. The first-order valence-corrected chi connectivity index (χ1v) is 6.38. The first kappa shape index (κ1) is 11.6. The van der Waals surface area contributed by atoms with Crippen molar-refractivity contribution in [3.63, 3.8) is 0 Å². The number of aromatic nitrogens is 3. The molecule has 16 heavy (non-hydrogen) atoms. The van der Waals surface area contributed by atoms with Crippen LogP contribution in [0.1, 0.15) is 50.8 Å². The summed E-state index contributed by atoms with van der Waals surface area (Å²) in [6.45, 7) is 3.11. The predicted octanol–water partition coefficient (Wildman–Crippen LogP) is 2.14. The molecule has 1 aromatic heterocycles. The minimum atomic E-state index is 0.584. The number of hydrogen-bond acceptors (Lipinski definition) is 3. The highest BCUT2D eigenvalue weighted by Gasteiger charge is 2.21. The van der Waals surface area contributed by atoms with Crippen LogP contribution >= 0.6 is 0 Å². The summed E-state index contributed by atoms with van der Waals surface area (Å²) in [4.78, 5) is 0. The lowest BCUT2D eigenvalue weighted by atomic mass is 9.85. The van der Waals surface area contributed by atoms with E-state index in [1.807, 2.05) is 7.05 Å². The topological polar surface area (TPSA) is 42.7 Å². The van der Waals surface area contributed by atoms with Gasteiger partial charge in [0.05, 0.1) is 17.9 Å². The number of nitrogens with one attached hydrogen (secondary N) is 1. The van der Waals surface area contributed by atoms with Gasteiger partial charge in [-0.1, -0.05) is 18.6 Å². The van der Waals surface area contributed by atoms with Crippen molar-refractivity contribution in [3.05, 3.63) is 11.9 Å². The van der Waals surface area contributed by atoms with Gasteiger partial charge in [0.15, 0.2) is 0 Å². The Morgan fingerprint density at radius 1 is 1.38 bits per heavy atom. The van der Waals surface area contributed by atoms with Gasteiger partial charge in [0.1, 0.15) is 0 Å². The molecule has 0 saturated heterocycles. The van der Waals surface area contributed by atoms with Crippen molar-refractivity contribution >= 4 is 0 Å². The molecule has 0 bridgehead atoms. The molecular weight excluding hydrogens is 200 g/mol. The Morgan fingerprint density at radius 3 is 2.75 bits per heavy atom. The average Bonchev–Trinajstić information content (AvgIpc) is 2.78. The van der Waals surface area contributed by atoms with Gasteiger partial charge in [0.25, 0.3) is 0 Å². The second-order valence-electron chi connectivity index (χ2n) is 4.80. The van der Waals surface area contributed by atoms with Crippen LogP contribution < -0.4 is 5.32 Å². The Hall–Kier alpha value is -0.900. The monoisotopic (exact) mass is 222 g/mol. The number of nitrogens with zero attached hydrogens (tertiary/aromatic N) is 3. The fourth-order valence-electron chi connectivity index (χ4n) is 2.57. The smallest absolute Gasteiger partial charge is 0.0964 e. The molecule has 4 nitrogen and oxygen atoms in total. The Morgan fingerprint density at radius 2 is 2.12 bits per heavy atom. The fraction of sp³-hybridized carbons (Fsp3) is 0.833. The van der Waals surface area contributed by atoms with Crippen molar-refractivity contribution in [2.75, 3.05) is 7.05 Å². The second kappa shape index (κ2) is 5.43. The van der Waals surface area contributed by atoms with Gasteiger partial charge in [-0.2, -0.15) is 0 Å². The Bertz CT molecular complexity index is 313. The molecule has 4 heteroatoms. The zero-order valence-electron chi connectivity index (χ0n) is 10.3. The van der Waals surface area contributed by atoms with Crippen LogP contribution in [0, 0.1) is 5.92 Å². The molecule has 1 fully saturated rings. The highest BCUT2D eigenvalue weighted by molar-refractivity contribution is 4.93. The highest BCUT2D eigenvalue weighted by atomic mass is 15.4. The summed E-state index contributed by atoms with van der Waals surface area (Å²) in [5.41, 5.74) is 1.04. The van der Waals surface area contributed by atoms with E-state index in [9.17, 15) is 0 Å². The Labute approximate surface area is 97.4 Å². The zero-order valence-corrected chi connectivity index (χ0v) is 10.3. The summed E-state index contributed by atoms with van der Waals surface area (Å²) in [6.07, 6.45) is 8.65. The third-order valence-corrected chi connectivity index (χ3v) is 3.68. The van der Waals surface area contributed by atoms with Crippen LogP contribution in [0.25, 0.3) is 0 Å². The molecular formula is C12H22N4. The zero-order chi connectivity index (χ0) is 11.4. The largest absolute Gasteiger partial charge is 0.314 e. The Balaban J connectivity index is 1.92. The normalized spacial score (nSPS) is 25.9. The minimum Gasteiger partial charge on any atom is -0.314 e. The summed E-state index contributed by atoms with van der Waals surface area (Å²) in [5, 5.41) is 11.5. The van der Waals surface area contributed by atoms with Gasteiger partial charge in [-0.15, -0.1) is 5.10 Å². The first-order valence-electron chi connectivity index (χ1n) is 6.38. The van der Waals surface area contributed by atoms with E-state index in [1.165, 1.54) is 32.1 Å². The predicted molar refractivity (Wildman–Crippen MR) is 64.1 cm³/mol. The molecule has 1 aliphatic carbocycles. The molecule has 1 aliphatic rings. The maximum Gasteiger partial charge on any atom is 0.0964 e. The summed E-state index contributed by atoms with van der Waals surface area (Å²) in [6, 6.07) is 0.584. The summed E-state index contributed by atoms with van der Waals surface area (Å²) in [7, 11) is 1.94. The maximum atomic E-state index is 4.24. The molecule has 0 amide bonds. The van der Waals surface area contributed by atoms with E-state index in [1.54, 1.807) is 0 Å². The van der Waals surface area contributed by atoms with E-state index in [-0.39, 0.29) is 0 Å². The van der Waals surface area contributed by atoms with Crippen molar-refractivity contribution in [2.45, 2.75) is 51.6 Å². The van der Waals surface area contributed by atoms with Gasteiger partial charge in [-0.3, -0.25) is 0 Å². The number of hydrogen-bond donors (Lipinski definition) is 1. The maximum absolute atomic E-state index is 4.24. The summed E-state index contributed by atoms with van der Waals surface area (Å²) in [5.74, 6) is 0.941. The lowest BCUT2D eigenvalue weighted by Crippen LogP contribution is -2.18. The van der Waals surface area contributed by atoms with Crippen molar-refractivity contribution in [1.29, 1.82) is 0 Å². The van der Waals surface area contributed by atoms with E-state index in [0.717, 1.165) is 18.2 Å². The van der Waals surface area contributed by atoms with Crippen LogP contribution in [0.3, 0.4) is 0 Å². The third-order valence-electron chi connectivity index (χ3n) is 3.68. The molecule has 1 saturated carbocycles. The Kier molecular flexibility index (Phi) is 3.93. The van der Waals surface area contributed by atoms with Crippen molar-refractivity contribution in [3.8, 4) is 0 Å². The second-order valence-corrected chi connectivity index (χ2v) is 4.80. The van der Waals surface area contributed by atoms with Crippen LogP contribution in [0.4, 0.5) is 0 Å². The van der Waals surface area contributed by atoms with Crippen LogP contribution in [-0.4, -0.2) is 22.0 Å². The van der Waals surface area contributed by atoms with E-state index < -0.39 is 0 Å². The van der Waals surface area contributed by atoms with Gasteiger partial charge >= 0.3 is 0 Å². The summed E-state index contributed by atoms with van der Waals surface area (Å²) >= 11 is 0. The van der Waals surface area contributed by atoms with E-state index >= 15 is 0 Å². The third kappa shape index (κ3) is 2.61. The lowest BCUT2D eigenvalue weighted by molar-refractivity contribution is 0.253. The van der Waals surface area contributed by atoms with Crippen LogP contribution in [0.2, 0.25) is 0 Å². The SMILES string of the molecule is CCC1CCC(n2cc(CNC)nn2)CC1. The van der Waals surface area contributed by atoms with E-state index in [2.05, 4.69) is 33.4 Å². The average molecular weight is 222 g/mol.